The van der Waals surface area contributed by atoms with E-state index in [2.05, 4.69) is 21.3 Å². The van der Waals surface area contributed by atoms with E-state index in [0.29, 0.717) is 6.61 Å². The summed E-state index contributed by atoms with van der Waals surface area (Å²) in [6.07, 6.45) is 6.06. The third kappa shape index (κ3) is 3.60. The Morgan fingerprint density at radius 1 is 1.29 bits per heavy atom. The number of nitrogens with zero attached hydrogens (tertiary/aromatic N) is 2. The minimum atomic E-state index is 0.690. The zero-order valence-corrected chi connectivity index (χ0v) is 10.5. The molecule has 1 N–H and O–H groups in total. The fourth-order valence-electron chi connectivity index (χ4n) is 2.11. The van der Waals surface area contributed by atoms with Crippen LogP contribution in [-0.4, -0.2) is 37.8 Å². The lowest BCUT2D eigenvalue weighted by Crippen LogP contribution is -2.33. The zero-order chi connectivity index (χ0) is 11.9. The number of nitrogens with one attached hydrogen (secondary N) is 1. The number of rotatable bonds is 3. The van der Waals surface area contributed by atoms with Gasteiger partial charge in [0.25, 0.3) is 0 Å². The van der Waals surface area contributed by atoms with Crippen LogP contribution in [0.1, 0.15) is 19.8 Å². The Kier molecular flexibility index (Phi) is 4.62. The van der Waals surface area contributed by atoms with Crippen LogP contribution < -0.4 is 15.0 Å². The van der Waals surface area contributed by atoms with E-state index in [1.807, 2.05) is 13.1 Å². The summed E-state index contributed by atoms with van der Waals surface area (Å²) in [5.74, 6) is 0.866. The molecule has 1 saturated heterocycles. The summed E-state index contributed by atoms with van der Waals surface area (Å²) in [5, 5.41) is 3.42. The molecule has 4 nitrogen and oxygen atoms in total. The molecular weight excluding hydrogens is 214 g/mol. The van der Waals surface area contributed by atoms with Crippen molar-refractivity contribution in [2.45, 2.75) is 19.8 Å². The van der Waals surface area contributed by atoms with Gasteiger partial charge in [0.2, 0.25) is 0 Å². The lowest BCUT2D eigenvalue weighted by atomic mass is 10.2. The first-order chi connectivity index (χ1) is 8.40. The summed E-state index contributed by atoms with van der Waals surface area (Å²) in [7, 11) is 0. The maximum absolute atomic E-state index is 5.49. The van der Waals surface area contributed by atoms with Gasteiger partial charge in [-0.1, -0.05) is 0 Å². The van der Waals surface area contributed by atoms with E-state index in [-0.39, 0.29) is 0 Å². The second kappa shape index (κ2) is 6.45. The highest BCUT2D eigenvalue weighted by Crippen LogP contribution is 2.20. The summed E-state index contributed by atoms with van der Waals surface area (Å²) >= 11 is 0. The van der Waals surface area contributed by atoms with Crippen molar-refractivity contribution in [2.24, 2.45) is 0 Å². The molecule has 0 radical (unpaired) electrons. The molecule has 17 heavy (non-hydrogen) atoms. The molecule has 0 amide bonds. The molecule has 0 aromatic carbocycles. The van der Waals surface area contributed by atoms with Gasteiger partial charge >= 0.3 is 0 Å². The van der Waals surface area contributed by atoms with Crippen molar-refractivity contribution < 1.29 is 4.74 Å². The van der Waals surface area contributed by atoms with Crippen LogP contribution in [0.5, 0.6) is 5.75 Å². The predicted octanol–water partition coefficient (Wildman–Crippen LogP) is 1.67. The predicted molar refractivity (Wildman–Crippen MR) is 69.7 cm³/mol. The second-order valence-corrected chi connectivity index (χ2v) is 4.26. The van der Waals surface area contributed by atoms with Gasteiger partial charge in [-0.15, -0.1) is 0 Å². The number of aromatic nitrogens is 1. The first-order valence-corrected chi connectivity index (χ1v) is 6.43. The smallest absolute Gasteiger partial charge is 0.139 e. The molecule has 0 bridgehead atoms. The molecule has 0 saturated carbocycles. The summed E-state index contributed by atoms with van der Waals surface area (Å²) in [5.41, 5.74) is 1.18. The van der Waals surface area contributed by atoms with Gasteiger partial charge in [0.1, 0.15) is 5.75 Å². The normalized spacial score (nSPS) is 17.4. The average molecular weight is 235 g/mol. The van der Waals surface area contributed by atoms with Crippen molar-refractivity contribution in [2.75, 3.05) is 37.7 Å². The molecular formula is C13H21N3O. The Morgan fingerprint density at radius 3 is 2.76 bits per heavy atom. The summed E-state index contributed by atoms with van der Waals surface area (Å²) in [4.78, 5) is 6.65. The Labute approximate surface area is 103 Å². The molecule has 1 aliphatic heterocycles. The highest BCUT2D eigenvalue weighted by atomic mass is 16.5. The quantitative estimate of drug-likeness (QED) is 0.865. The molecule has 2 rings (SSSR count). The number of anilines is 1. The van der Waals surface area contributed by atoms with E-state index in [1.54, 1.807) is 6.20 Å². The van der Waals surface area contributed by atoms with Crippen molar-refractivity contribution in [3.8, 4) is 5.75 Å². The topological polar surface area (TPSA) is 37.4 Å². The lowest BCUT2D eigenvalue weighted by Gasteiger charge is -2.27. The van der Waals surface area contributed by atoms with Crippen LogP contribution in [-0.2, 0) is 0 Å². The zero-order valence-electron chi connectivity index (χ0n) is 10.5. The molecule has 0 spiro atoms. The van der Waals surface area contributed by atoms with Crippen LogP contribution in [0, 0.1) is 0 Å². The Bertz CT molecular complexity index is 335. The van der Waals surface area contributed by atoms with Gasteiger partial charge in [-0.05, 0) is 32.9 Å². The van der Waals surface area contributed by atoms with Crippen LogP contribution >= 0.6 is 0 Å². The van der Waals surface area contributed by atoms with E-state index >= 15 is 0 Å². The molecule has 2 heterocycles. The molecule has 94 valence electrons. The van der Waals surface area contributed by atoms with Gasteiger partial charge in [0.05, 0.1) is 24.7 Å². The number of ether oxygens (including phenoxy) is 1. The first-order valence-electron chi connectivity index (χ1n) is 6.43. The highest BCUT2D eigenvalue weighted by Gasteiger charge is 2.09. The molecule has 1 aromatic rings. The second-order valence-electron chi connectivity index (χ2n) is 4.26. The molecule has 4 heteroatoms. The van der Waals surface area contributed by atoms with E-state index in [9.17, 15) is 0 Å². The first kappa shape index (κ1) is 12.2. The van der Waals surface area contributed by atoms with E-state index in [1.165, 1.54) is 18.5 Å². The maximum atomic E-state index is 5.49. The minimum Gasteiger partial charge on any atom is -0.492 e. The SMILES string of the molecule is CCOc1cncc(N2CCCNCCC2)c1. The fraction of sp³-hybridized carbons (Fsp3) is 0.615. The van der Waals surface area contributed by atoms with E-state index in [0.717, 1.165) is 31.9 Å². The summed E-state index contributed by atoms with van der Waals surface area (Å²) in [6.45, 7) is 7.07. The van der Waals surface area contributed by atoms with E-state index in [4.69, 9.17) is 4.74 Å². The van der Waals surface area contributed by atoms with E-state index < -0.39 is 0 Å². The largest absolute Gasteiger partial charge is 0.492 e. The van der Waals surface area contributed by atoms with Crippen molar-refractivity contribution in [3.63, 3.8) is 0 Å². The summed E-state index contributed by atoms with van der Waals surface area (Å²) < 4.78 is 5.49. The van der Waals surface area contributed by atoms with Gasteiger partial charge in [-0.2, -0.15) is 0 Å². The van der Waals surface area contributed by atoms with Crippen LogP contribution in [0.2, 0.25) is 0 Å². The maximum Gasteiger partial charge on any atom is 0.139 e. The lowest BCUT2D eigenvalue weighted by molar-refractivity contribution is 0.339. The van der Waals surface area contributed by atoms with Crippen molar-refractivity contribution in [1.29, 1.82) is 0 Å². The third-order valence-corrected chi connectivity index (χ3v) is 2.94. The third-order valence-electron chi connectivity index (χ3n) is 2.94. The molecule has 1 aromatic heterocycles. The van der Waals surface area contributed by atoms with Crippen LogP contribution in [0.15, 0.2) is 18.5 Å². The monoisotopic (exact) mass is 235 g/mol. The van der Waals surface area contributed by atoms with Crippen molar-refractivity contribution in [3.05, 3.63) is 18.5 Å². The number of pyridine rings is 1. The molecule has 0 atom stereocenters. The van der Waals surface area contributed by atoms with Crippen LogP contribution in [0.25, 0.3) is 0 Å². The standard InChI is InChI=1S/C13H21N3O/c1-2-17-13-9-12(10-15-11-13)16-7-3-5-14-6-4-8-16/h9-11,14H,2-8H2,1H3. The number of hydrogen-bond acceptors (Lipinski definition) is 4. The molecule has 1 aliphatic rings. The molecule has 1 fully saturated rings. The van der Waals surface area contributed by atoms with Gasteiger partial charge in [-0.3, -0.25) is 4.98 Å². The van der Waals surface area contributed by atoms with Crippen molar-refractivity contribution >= 4 is 5.69 Å². The average Bonchev–Trinajstić information content (AvgIpc) is 2.29. The number of hydrogen-bond donors (Lipinski definition) is 1. The Balaban J connectivity index is 2.05. The van der Waals surface area contributed by atoms with Crippen molar-refractivity contribution in [1.82, 2.24) is 10.3 Å². The fourth-order valence-corrected chi connectivity index (χ4v) is 2.11. The minimum absolute atomic E-state index is 0.690. The Hall–Kier alpha value is -1.29. The highest BCUT2D eigenvalue weighted by molar-refractivity contribution is 5.48. The van der Waals surface area contributed by atoms with Gasteiger partial charge in [-0.25, -0.2) is 0 Å². The van der Waals surface area contributed by atoms with Gasteiger partial charge in [0.15, 0.2) is 0 Å². The Morgan fingerprint density at radius 2 is 2.06 bits per heavy atom. The summed E-state index contributed by atoms with van der Waals surface area (Å²) in [6, 6.07) is 2.09. The van der Waals surface area contributed by atoms with Crippen LogP contribution in [0.3, 0.4) is 0 Å². The molecule has 0 aliphatic carbocycles. The van der Waals surface area contributed by atoms with Gasteiger partial charge in [0, 0.05) is 19.2 Å². The molecule has 0 unspecified atom stereocenters. The van der Waals surface area contributed by atoms with Crippen LogP contribution in [0.4, 0.5) is 5.69 Å². The van der Waals surface area contributed by atoms with Gasteiger partial charge < -0.3 is 15.0 Å².